The summed E-state index contributed by atoms with van der Waals surface area (Å²) >= 11 is 0. The number of nitrogens with one attached hydrogen (secondary N) is 4. The molecule has 5 N–H and O–H groups in total. The molecule has 15 nitrogen and oxygen atoms in total. The standard InChI is InChI=1S/C13H19NO3.C12H17NO4.C12H17NO2.C11H15NO2/c1-9-5-6-11(7-12(9)17-4)10(2)14-13(15)8-16-3;1-8(13-12(15)7-16-2)9-4-5-10(14)11(6-9)17-3;1-9-4-6-11(7-5-9)10(2)13-12(14)8-15-3;1-9(12-11(13)8-14-2)10-6-4-3-5-7-10/h5-7,10H,8H2,1-4H3,(H,14,15);4-6,8,14H,7H2,1-3H3,(H,13,15);4-7,10H,8H2,1-3H3,(H,13,14);3-7,9H,8H2,1-2H3,(H,12,13)/t10-;8-;10-;9-/m1111/s1. The number of rotatable bonds is 18. The topological polar surface area (TPSA) is 192 Å². The molecule has 0 bridgehead atoms. The smallest absolute Gasteiger partial charge is 0.246 e. The van der Waals surface area contributed by atoms with E-state index in [0.717, 1.165) is 33.6 Å². The Kier molecular flexibility index (Phi) is 27.0. The average molecular weight is 877 g/mol. The number of carbonyl (C=O) groups excluding carboxylic acids is 4. The van der Waals surface area contributed by atoms with Crippen molar-refractivity contribution < 1.29 is 52.7 Å². The van der Waals surface area contributed by atoms with Crippen molar-refractivity contribution in [3.63, 3.8) is 0 Å². The largest absolute Gasteiger partial charge is 0.504 e. The Labute approximate surface area is 373 Å². The van der Waals surface area contributed by atoms with Gasteiger partial charge in [0.2, 0.25) is 23.6 Å². The third kappa shape index (κ3) is 22.1. The monoisotopic (exact) mass is 876 g/mol. The maximum Gasteiger partial charge on any atom is 0.246 e. The molecule has 0 aliphatic carbocycles. The van der Waals surface area contributed by atoms with Gasteiger partial charge in [-0.25, -0.2) is 0 Å². The number of phenols is 1. The lowest BCUT2D eigenvalue weighted by Gasteiger charge is -2.15. The third-order valence-electron chi connectivity index (χ3n) is 9.12. The minimum absolute atomic E-state index is 0.0215. The van der Waals surface area contributed by atoms with E-state index in [2.05, 4.69) is 21.3 Å². The maximum absolute atomic E-state index is 11.4. The summed E-state index contributed by atoms with van der Waals surface area (Å²) < 4.78 is 29.2. The van der Waals surface area contributed by atoms with Gasteiger partial charge < -0.3 is 54.8 Å². The minimum Gasteiger partial charge on any atom is -0.504 e. The molecule has 4 rings (SSSR count). The normalized spacial score (nSPS) is 12.1. The molecule has 4 aromatic carbocycles. The lowest BCUT2D eigenvalue weighted by molar-refractivity contribution is -0.126. The number of benzene rings is 4. The van der Waals surface area contributed by atoms with Crippen molar-refractivity contribution in [2.45, 2.75) is 65.7 Å². The highest BCUT2D eigenvalue weighted by Gasteiger charge is 2.13. The number of amides is 4. The van der Waals surface area contributed by atoms with E-state index in [-0.39, 0.29) is 80.0 Å². The van der Waals surface area contributed by atoms with Crippen LogP contribution in [-0.2, 0) is 38.1 Å². The van der Waals surface area contributed by atoms with Gasteiger partial charge in [0, 0.05) is 28.4 Å². The second kappa shape index (κ2) is 30.9. The molecule has 0 saturated carbocycles. The molecule has 0 unspecified atom stereocenters. The first-order valence-electron chi connectivity index (χ1n) is 20.3. The molecule has 0 fully saturated rings. The molecule has 4 atom stereocenters. The molecule has 0 aliphatic heterocycles. The first-order chi connectivity index (χ1) is 30.0. The highest BCUT2D eigenvalue weighted by atomic mass is 16.5. The Morgan fingerprint density at radius 2 is 0.794 bits per heavy atom. The van der Waals surface area contributed by atoms with Gasteiger partial charge in [0.15, 0.2) is 11.5 Å². The fourth-order valence-electron chi connectivity index (χ4n) is 5.66. The van der Waals surface area contributed by atoms with Crippen LogP contribution in [-0.4, -0.2) is 97.8 Å². The van der Waals surface area contributed by atoms with Crippen molar-refractivity contribution in [2.75, 3.05) is 69.1 Å². The summed E-state index contributed by atoms with van der Waals surface area (Å²) in [6.45, 7) is 12.0. The first-order valence-corrected chi connectivity index (χ1v) is 20.3. The van der Waals surface area contributed by atoms with Crippen LogP contribution in [0, 0.1) is 13.8 Å². The maximum atomic E-state index is 11.4. The van der Waals surface area contributed by atoms with Gasteiger partial charge in [0.1, 0.15) is 32.2 Å². The predicted octanol–water partition coefficient (Wildman–Crippen LogP) is 6.38. The molecule has 0 heterocycles. The van der Waals surface area contributed by atoms with Gasteiger partial charge >= 0.3 is 0 Å². The van der Waals surface area contributed by atoms with Crippen LogP contribution in [0.1, 0.15) is 85.2 Å². The number of carbonyl (C=O) groups is 4. The summed E-state index contributed by atoms with van der Waals surface area (Å²) in [5.41, 5.74) is 6.35. The molecule has 346 valence electrons. The van der Waals surface area contributed by atoms with E-state index in [1.807, 2.05) is 114 Å². The molecular formula is C48H68N4O11. The number of ether oxygens (including phenoxy) is 6. The lowest BCUT2D eigenvalue weighted by atomic mass is 10.1. The van der Waals surface area contributed by atoms with E-state index in [4.69, 9.17) is 28.4 Å². The summed E-state index contributed by atoms with van der Waals surface area (Å²) in [4.78, 5) is 45.2. The number of methoxy groups -OCH3 is 6. The molecule has 0 saturated heterocycles. The van der Waals surface area contributed by atoms with Crippen LogP contribution in [0.5, 0.6) is 17.2 Å². The summed E-state index contributed by atoms with van der Waals surface area (Å²) in [5, 5.41) is 20.8. The van der Waals surface area contributed by atoms with E-state index >= 15 is 0 Å². The first kappa shape index (κ1) is 55.0. The van der Waals surface area contributed by atoms with E-state index < -0.39 is 0 Å². The molecule has 4 amide bonds. The number of hydrogen-bond donors (Lipinski definition) is 5. The van der Waals surface area contributed by atoms with Crippen molar-refractivity contribution in [3.05, 3.63) is 124 Å². The van der Waals surface area contributed by atoms with Gasteiger partial charge in [-0.05, 0) is 87.6 Å². The Hall–Kier alpha value is -6.00. The SMILES string of the molecule is COCC(=O)N[C@H](C)c1ccc(C)c(OC)c1.COCC(=O)N[C@H](C)c1ccc(C)cc1.COCC(=O)N[C@H](C)c1ccc(O)c(OC)c1.COCC(=O)N[C@H](C)c1ccccc1. The molecular weight excluding hydrogens is 809 g/mol. The van der Waals surface area contributed by atoms with Crippen molar-refractivity contribution >= 4 is 23.6 Å². The Morgan fingerprint density at radius 3 is 1.17 bits per heavy atom. The van der Waals surface area contributed by atoms with Crippen molar-refractivity contribution in [2.24, 2.45) is 0 Å². The number of aryl methyl sites for hydroxylation is 2. The summed E-state index contributed by atoms with van der Waals surface area (Å²) in [6.07, 6.45) is 0. The molecule has 63 heavy (non-hydrogen) atoms. The van der Waals surface area contributed by atoms with Crippen LogP contribution in [0.2, 0.25) is 0 Å². The van der Waals surface area contributed by atoms with E-state index in [1.54, 1.807) is 19.2 Å². The van der Waals surface area contributed by atoms with Gasteiger partial charge in [0.05, 0.1) is 38.4 Å². The number of phenolic OH excluding ortho intramolecular Hbond substituents is 1. The van der Waals surface area contributed by atoms with Crippen LogP contribution in [0.25, 0.3) is 0 Å². The van der Waals surface area contributed by atoms with Crippen LogP contribution >= 0.6 is 0 Å². The zero-order valence-electron chi connectivity index (χ0n) is 38.8. The van der Waals surface area contributed by atoms with Crippen molar-refractivity contribution in [3.8, 4) is 17.2 Å². The van der Waals surface area contributed by atoms with Gasteiger partial charge in [0.25, 0.3) is 0 Å². The fraction of sp³-hybridized carbons (Fsp3) is 0.417. The van der Waals surface area contributed by atoms with Crippen LogP contribution in [0.15, 0.2) is 91.0 Å². The van der Waals surface area contributed by atoms with Crippen LogP contribution < -0.4 is 30.7 Å². The Bertz CT molecular complexity index is 1870. The zero-order valence-corrected chi connectivity index (χ0v) is 38.8. The number of aromatic hydroxyl groups is 1. The molecule has 0 radical (unpaired) electrons. The Morgan fingerprint density at radius 1 is 0.460 bits per heavy atom. The van der Waals surface area contributed by atoms with Gasteiger partial charge in [-0.1, -0.05) is 78.4 Å². The third-order valence-corrected chi connectivity index (χ3v) is 9.12. The van der Waals surface area contributed by atoms with E-state index in [0.29, 0.717) is 5.75 Å². The van der Waals surface area contributed by atoms with E-state index in [9.17, 15) is 24.3 Å². The summed E-state index contributed by atoms with van der Waals surface area (Å²) in [7, 11) is 9.10. The summed E-state index contributed by atoms with van der Waals surface area (Å²) in [5.74, 6) is 0.790. The second-order valence-electron chi connectivity index (χ2n) is 14.4. The molecule has 0 aromatic heterocycles. The number of hydrogen-bond acceptors (Lipinski definition) is 11. The van der Waals surface area contributed by atoms with Crippen LogP contribution in [0.3, 0.4) is 0 Å². The Balaban J connectivity index is 0.000000421. The van der Waals surface area contributed by atoms with E-state index in [1.165, 1.54) is 47.2 Å². The summed E-state index contributed by atoms with van der Waals surface area (Å²) in [6, 6.07) is 28.6. The molecule has 4 aromatic rings. The predicted molar refractivity (Wildman–Crippen MR) is 244 cm³/mol. The van der Waals surface area contributed by atoms with Gasteiger partial charge in [-0.15, -0.1) is 0 Å². The van der Waals surface area contributed by atoms with Crippen molar-refractivity contribution in [1.82, 2.24) is 21.3 Å². The van der Waals surface area contributed by atoms with Gasteiger partial charge in [-0.2, -0.15) is 0 Å². The minimum atomic E-state index is -0.188. The molecule has 15 heteroatoms. The average Bonchev–Trinajstić information content (AvgIpc) is 3.25. The molecule has 0 spiro atoms. The lowest BCUT2D eigenvalue weighted by Crippen LogP contribution is -2.29. The second-order valence-corrected chi connectivity index (χ2v) is 14.4. The van der Waals surface area contributed by atoms with Gasteiger partial charge in [-0.3, -0.25) is 19.2 Å². The quantitative estimate of drug-likeness (QED) is 0.0746. The van der Waals surface area contributed by atoms with Crippen molar-refractivity contribution in [1.29, 1.82) is 0 Å². The highest BCUT2D eigenvalue weighted by molar-refractivity contribution is 5.79. The molecule has 0 aliphatic rings. The highest BCUT2D eigenvalue weighted by Crippen LogP contribution is 2.29. The fourth-order valence-corrected chi connectivity index (χ4v) is 5.66. The zero-order chi connectivity index (χ0) is 47.3. The van der Waals surface area contributed by atoms with Crippen LogP contribution in [0.4, 0.5) is 0 Å².